The Balaban J connectivity index is 2.78. The molecule has 0 spiro atoms. The third-order valence-electron chi connectivity index (χ3n) is 2.58. The smallest absolute Gasteiger partial charge is 0.339 e. The summed E-state index contributed by atoms with van der Waals surface area (Å²) < 4.78 is 4.88. The number of hydrogen-bond acceptors (Lipinski definition) is 5. The highest BCUT2D eigenvalue weighted by atomic mass is 16.5. The summed E-state index contributed by atoms with van der Waals surface area (Å²) in [7, 11) is 1.59. The molecule has 0 saturated heterocycles. The lowest BCUT2D eigenvalue weighted by molar-refractivity contribution is -0.119. The van der Waals surface area contributed by atoms with Gasteiger partial charge in [-0.05, 0) is 26.0 Å². The number of amides is 1. The number of esters is 1. The zero-order valence-corrected chi connectivity index (χ0v) is 11.5. The highest BCUT2D eigenvalue weighted by Gasteiger charge is 2.12. The number of carbonyl (C=O) groups is 2. The van der Waals surface area contributed by atoms with Gasteiger partial charge in [0.05, 0.1) is 18.7 Å². The third kappa shape index (κ3) is 4.24. The van der Waals surface area contributed by atoms with Gasteiger partial charge in [-0.2, -0.15) is 0 Å². The molecule has 0 saturated carbocycles. The van der Waals surface area contributed by atoms with Gasteiger partial charge < -0.3 is 15.0 Å². The third-order valence-corrected chi connectivity index (χ3v) is 2.58. The van der Waals surface area contributed by atoms with Crippen molar-refractivity contribution in [1.29, 1.82) is 0 Å². The van der Waals surface area contributed by atoms with Crippen molar-refractivity contribution in [2.45, 2.75) is 13.8 Å². The molecule has 0 fully saturated rings. The molecular weight excluding hydrogens is 246 g/mol. The van der Waals surface area contributed by atoms with Gasteiger partial charge in [-0.15, -0.1) is 0 Å². The number of ether oxygens (including phenoxy) is 1. The molecule has 1 amide bonds. The standard InChI is InChI=1S/C13H19N3O3/c1-4-16(9-12(17)14-3)11-7-6-10(8-15-11)13(18)19-5-2/h6-8H,4-5,9H2,1-3H3,(H,14,17). The van der Waals surface area contributed by atoms with Crippen molar-refractivity contribution < 1.29 is 14.3 Å². The Kier molecular flexibility index (Phi) is 5.78. The van der Waals surface area contributed by atoms with Crippen LogP contribution in [0.5, 0.6) is 0 Å². The molecule has 6 heteroatoms. The largest absolute Gasteiger partial charge is 0.462 e. The van der Waals surface area contributed by atoms with Crippen LogP contribution in [0.2, 0.25) is 0 Å². The van der Waals surface area contributed by atoms with Crippen molar-refractivity contribution in [3.63, 3.8) is 0 Å². The average molecular weight is 265 g/mol. The van der Waals surface area contributed by atoms with E-state index in [1.807, 2.05) is 11.8 Å². The van der Waals surface area contributed by atoms with Gasteiger partial charge in [0.1, 0.15) is 5.82 Å². The monoisotopic (exact) mass is 265 g/mol. The van der Waals surface area contributed by atoms with Gasteiger partial charge in [0.15, 0.2) is 0 Å². The predicted octanol–water partition coefficient (Wildman–Crippen LogP) is 0.831. The van der Waals surface area contributed by atoms with E-state index in [0.29, 0.717) is 24.5 Å². The molecule has 0 unspecified atom stereocenters. The summed E-state index contributed by atoms with van der Waals surface area (Å²) in [5.41, 5.74) is 0.404. The molecule has 0 aromatic carbocycles. The Hall–Kier alpha value is -2.11. The Morgan fingerprint density at radius 2 is 2.11 bits per heavy atom. The predicted molar refractivity (Wildman–Crippen MR) is 72.1 cm³/mol. The van der Waals surface area contributed by atoms with E-state index in [1.165, 1.54) is 6.20 Å². The van der Waals surface area contributed by atoms with Crippen LogP contribution in [-0.2, 0) is 9.53 Å². The summed E-state index contributed by atoms with van der Waals surface area (Å²) in [6, 6.07) is 3.35. The summed E-state index contributed by atoms with van der Waals surface area (Å²) >= 11 is 0. The van der Waals surface area contributed by atoms with Gasteiger partial charge in [0, 0.05) is 19.8 Å². The molecule has 1 aromatic heterocycles. The maximum absolute atomic E-state index is 11.5. The molecule has 0 bridgehead atoms. The molecule has 1 heterocycles. The SMILES string of the molecule is CCOC(=O)c1ccc(N(CC)CC(=O)NC)nc1. The number of pyridine rings is 1. The van der Waals surface area contributed by atoms with E-state index < -0.39 is 5.97 Å². The minimum Gasteiger partial charge on any atom is -0.462 e. The van der Waals surface area contributed by atoms with Crippen molar-refractivity contribution in [3.05, 3.63) is 23.9 Å². The quantitative estimate of drug-likeness (QED) is 0.771. The first kappa shape index (κ1) is 14.9. The summed E-state index contributed by atoms with van der Waals surface area (Å²) in [6.07, 6.45) is 1.46. The van der Waals surface area contributed by atoms with Crippen LogP contribution in [0.25, 0.3) is 0 Å². The molecule has 104 valence electrons. The number of nitrogens with one attached hydrogen (secondary N) is 1. The normalized spacial score (nSPS) is 9.84. The number of aromatic nitrogens is 1. The number of rotatable bonds is 6. The van der Waals surface area contributed by atoms with E-state index in [1.54, 1.807) is 26.1 Å². The van der Waals surface area contributed by atoms with E-state index in [4.69, 9.17) is 4.74 Å². The first-order valence-electron chi connectivity index (χ1n) is 6.21. The minimum atomic E-state index is -0.393. The molecule has 0 atom stereocenters. The molecule has 1 rings (SSSR count). The fourth-order valence-electron chi connectivity index (χ4n) is 1.52. The fourth-order valence-corrected chi connectivity index (χ4v) is 1.52. The molecular formula is C13H19N3O3. The average Bonchev–Trinajstić information content (AvgIpc) is 2.45. The Labute approximate surface area is 112 Å². The highest BCUT2D eigenvalue weighted by Crippen LogP contribution is 2.11. The second kappa shape index (κ2) is 7.35. The number of hydrogen-bond donors (Lipinski definition) is 1. The molecule has 1 N–H and O–H groups in total. The molecule has 0 aliphatic heterocycles. The lowest BCUT2D eigenvalue weighted by Crippen LogP contribution is -2.36. The Bertz CT molecular complexity index is 431. The zero-order chi connectivity index (χ0) is 14.3. The van der Waals surface area contributed by atoms with Gasteiger partial charge in [-0.1, -0.05) is 0 Å². The van der Waals surface area contributed by atoms with E-state index in [-0.39, 0.29) is 12.5 Å². The van der Waals surface area contributed by atoms with Crippen molar-refractivity contribution in [2.24, 2.45) is 0 Å². The van der Waals surface area contributed by atoms with Gasteiger partial charge in [0.2, 0.25) is 5.91 Å². The number of anilines is 1. The summed E-state index contributed by atoms with van der Waals surface area (Å²) in [5, 5.41) is 2.56. The van der Waals surface area contributed by atoms with Gasteiger partial charge in [-0.3, -0.25) is 4.79 Å². The van der Waals surface area contributed by atoms with Crippen LogP contribution in [0.4, 0.5) is 5.82 Å². The van der Waals surface area contributed by atoms with Gasteiger partial charge >= 0.3 is 5.97 Å². The maximum atomic E-state index is 11.5. The maximum Gasteiger partial charge on any atom is 0.339 e. The lowest BCUT2D eigenvalue weighted by atomic mass is 10.3. The topological polar surface area (TPSA) is 71.5 Å². The van der Waals surface area contributed by atoms with E-state index in [9.17, 15) is 9.59 Å². The molecule has 0 aliphatic rings. The molecule has 0 radical (unpaired) electrons. The number of nitrogens with zero attached hydrogens (tertiary/aromatic N) is 2. The van der Waals surface area contributed by atoms with Crippen LogP contribution >= 0.6 is 0 Å². The fraction of sp³-hybridized carbons (Fsp3) is 0.462. The van der Waals surface area contributed by atoms with Crippen LogP contribution in [-0.4, -0.2) is 43.6 Å². The Morgan fingerprint density at radius 1 is 1.37 bits per heavy atom. The van der Waals surface area contributed by atoms with Crippen molar-refractivity contribution in [1.82, 2.24) is 10.3 Å². The second-order valence-corrected chi connectivity index (χ2v) is 3.81. The van der Waals surface area contributed by atoms with Gasteiger partial charge in [-0.25, -0.2) is 9.78 Å². The second-order valence-electron chi connectivity index (χ2n) is 3.81. The van der Waals surface area contributed by atoms with E-state index in [0.717, 1.165) is 0 Å². The van der Waals surface area contributed by atoms with Crippen molar-refractivity contribution in [3.8, 4) is 0 Å². The van der Waals surface area contributed by atoms with E-state index in [2.05, 4.69) is 10.3 Å². The van der Waals surface area contributed by atoms with Crippen LogP contribution < -0.4 is 10.2 Å². The molecule has 0 aliphatic carbocycles. The van der Waals surface area contributed by atoms with Gasteiger partial charge in [0.25, 0.3) is 0 Å². The van der Waals surface area contributed by atoms with Crippen molar-refractivity contribution >= 4 is 17.7 Å². The van der Waals surface area contributed by atoms with Crippen molar-refractivity contribution in [2.75, 3.05) is 31.6 Å². The first-order chi connectivity index (χ1) is 9.12. The Morgan fingerprint density at radius 3 is 2.58 bits per heavy atom. The van der Waals surface area contributed by atoms with Crippen LogP contribution in [0.1, 0.15) is 24.2 Å². The molecule has 1 aromatic rings. The van der Waals surface area contributed by atoms with Crippen LogP contribution in [0.3, 0.4) is 0 Å². The lowest BCUT2D eigenvalue weighted by Gasteiger charge is -2.20. The summed E-state index contributed by atoms with van der Waals surface area (Å²) in [5.74, 6) is 0.174. The number of carbonyl (C=O) groups excluding carboxylic acids is 2. The van der Waals surface area contributed by atoms with Crippen LogP contribution in [0.15, 0.2) is 18.3 Å². The molecule has 6 nitrogen and oxygen atoms in total. The highest BCUT2D eigenvalue weighted by molar-refractivity contribution is 5.89. The first-order valence-corrected chi connectivity index (χ1v) is 6.21. The minimum absolute atomic E-state index is 0.0851. The zero-order valence-electron chi connectivity index (χ0n) is 11.5. The summed E-state index contributed by atoms with van der Waals surface area (Å²) in [4.78, 5) is 28.8. The molecule has 19 heavy (non-hydrogen) atoms. The van der Waals surface area contributed by atoms with Crippen LogP contribution in [0, 0.1) is 0 Å². The summed E-state index contributed by atoms with van der Waals surface area (Å²) in [6.45, 7) is 4.90. The van der Waals surface area contributed by atoms with E-state index >= 15 is 0 Å². The number of likely N-dealkylation sites (N-methyl/N-ethyl adjacent to an activating group) is 2.